The number of carbonyl (C=O) groups is 1. The van der Waals surface area contributed by atoms with Crippen LogP contribution in [0, 0.1) is 0 Å². The molecule has 78 valence electrons. The smallest absolute Gasteiger partial charge is 0.225 e. The van der Waals surface area contributed by atoms with Gasteiger partial charge in [0.1, 0.15) is 0 Å². The quantitative estimate of drug-likeness (QED) is 0.634. The van der Waals surface area contributed by atoms with E-state index < -0.39 is 0 Å². The van der Waals surface area contributed by atoms with Crippen molar-refractivity contribution in [2.45, 2.75) is 0 Å². The van der Waals surface area contributed by atoms with Crippen LogP contribution in [0.15, 0.2) is 46.3 Å². The van der Waals surface area contributed by atoms with Crippen LogP contribution in [-0.4, -0.2) is 10.9 Å². The van der Waals surface area contributed by atoms with Gasteiger partial charge in [-0.1, -0.05) is 23.4 Å². The summed E-state index contributed by atoms with van der Waals surface area (Å²) in [6.07, 6.45) is 0. The van der Waals surface area contributed by atoms with E-state index in [0.717, 1.165) is 5.39 Å². The van der Waals surface area contributed by atoms with E-state index >= 15 is 0 Å². The molecule has 0 unspecified atom stereocenters. The van der Waals surface area contributed by atoms with E-state index in [1.807, 2.05) is 29.6 Å². The summed E-state index contributed by atoms with van der Waals surface area (Å²) in [5.41, 5.74) is 1.03. The molecule has 0 saturated heterocycles. The minimum absolute atomic E-state index is 0.0834. The molecule has 2 aromatic heterocycles. The number of thiophene rings is 1. The molecule has 0 fully saturated rings. The Morgan fingerprint density at radius 1 is 1.19 bits per heavy atom. The van der Waals surface area contributed by atoms with Crippen LogP contribution in [0.2, 0.25) is 0 Å². The molecule has 16 heavy (non-hydrogen) atoms. The molecule has 0 aliphatic carbocycles. The second-order valence-electron chi connectivity index (χ2n) is 3.33. The van der Waals surface area contributed by atoms with Crippen molar-refractivity contribution in [2.24, 2.45) is 0 Å². The highest BCUT2D eigenvalue weighted by molar-refractivity contribution is 7.12. The number of benzene rings is 1. The maximum atomic E-state index is 12.1. The molecule has 0 bridgehead atoms. The van der Waals surface area contributed by atoms with Gasteiger partial charge in [0.2, 0.25) is 5.78 Å². The second kappa shape index (κ2) is 3.57. The second-order valence-corrected chi connectivity index (χ2v) is 4.28. The van der Waals surface area contributed by atoms with E-state index in [4.69, 9.17) is 4.52 Å². The lowest BCUT2D eigenvalue weighted by molar-refractivity contribution is 0.103. The first-order valence-corrected chi connectivity index (χ1v) is 5.67. The maximum absolute atomic E-state index is 12.1. The number of carbonyl (C=O) groups excluding carboxylic acids is 1. The van der Waals surface area contributed by atoms with Gasteiger partial charge >= 0.3 is 0 Å². The number of fused-ring (bicyclic) bond motifs is 1. The Labute approximate surface area is 95.3 Å². The average molecular weight is 229 g/mol. The molecule has 0 aliphatic heterocycles. The Kier molecular flexibility index (Phi) is 2.08. The summed E-state index contributed by atoms with van der Waals surface area (Å²) >= 11 is 1.41. The number of rotatable bonds is 2. The molecule has 1 aromatic carbocycles. The van der Waals surface area contributed by atoms with Gasteiger partial charge in [-0.2, -0.15) is 0 Å². The molecule has 0 saturated carbocycles. The van der Waals surface area contributed by atoms with Gasteiger partial charge in [-0.25, -0.2) is 0 Å². The first-order chi connectivity index (χ1) is 7.86. The van der Waals surface area contributed by atoms with E-state index in [1.54, 1.807) is 12.1 Å². The van der Waals surface area contributed by atoms with Gasteiger partial charge in [0.05, 0.1) is 10.3 Å². The third-order valence-corrected chi connectivity index (χ3v) is 3.21. The van der Waals surface area contributed by atoms with Crippen LogP contribution >= 0.6 is 11.3 Å². The normalized spacial score (nSPS) is 10.8. The SMILES string of the molecule is O=C(c1cccs1)c1noc2ccccc12. The number of hydrogen-bond acceptors (Lipinski definition) is 4. The molecule has 4 heteroatoms. The Morgan fingerprint density at radius 3 is 2.88 bits per heavy atom. The van der Waals surface area contributed by atoms with E-state index in [-0.39, 0.29) is 5.78 Å². The molecule has 2 heterocycles. The van der Waals surface area contributed by atoms with Crippen LogP contribution in [-0.2, 0) is 0 Å². The number of ketones is 1. The van der Waals surface area contributed by atoms with Gasteiger partial charge in [0.15, 0.2) is 11.3 Å². The van der Waals surface area contributed by atoms with Gasteiger partial charge in [-0.3, -0.25) is 4.79 Å². The fraction of sp³-hybridized carbons (Fsp3) is 0. The molecule has 3 aromatic rings. The first kappa shape index (κ1) is 9.30. The fourth-order valence-electron chi connectivity index (χ4n) is 1.57. The third kappa shape index (κ3) is 1.35. The van der Waals surface area contributed by atoms with Gasteiger partial charge < -0.3 is 4.52 Å². The first-order valence-electron chi connectivity index (χ1n) is 4.79. The molecule has 0 N–H and O–H groups in total. The average Bonchev–Trinajstić information content (AvgIpc) is 2.98. The van der Waals surface area contributed by atoms with Crippen LogP contribution in [0.25, 0.3) is 11.0 Å². The lowest BCUT2D eigenvalue weighted by Crippen LogP contribution is -1.98. The zero-order chi connectivity index (χ0) is 11.0. The largest absolute Gasteiger partial charge is 0.356 e. The molecular formula is C12H7NO2S. The number of hydrogen-bond donors (Lipinski definition) is 0. The van der Waals surface area contributed by atoms with Gasteiger partial charge in [-0.05, 0) is 23.6 Å². The molecule has 0 amide bonds. The van der Waals surface area contributed by atoms with Crippen molar-refractivity contribution in [1.29, 1.82) is 0 Å². The van der Waals surface area contributed by atoms with Crippen LogP contribution in [0.1, 0.15) is 15.4 Å². The van der Waals surface area contributed by atoms with E-state index in [2.05, 4.69) is 5.16 Å². The summed E-state index contributed by atoms with van der Waals surface area (Å²) in [5, 5.41) is 6.47. The topological polar surface area (TPSA) is 43.1 Å². The minimum Gasteiger partial charge on any atom is -0.356 e. The van der Waals surface area contributed by atoms with Crippen LogP contribution in [0.4, 0.5) is 0 Å². The summed E-state index contributed by atoms with van der Waals surface area (Å²) in [6.45, 7) is 0. The highest BCUT2D eigenvalue weighted by atomic mass is 32.1. The monoisotopic (exact) mass is 229 g/mol. The number of aromatic nitrogens is 1. The van der Waals surface area contributed by atoms with Crippen molar-refractivity contribution < 1.29 is 9.32 Å². The third-order valence-electron chi connectivity index (χ3n) is 2.34. The highest BCUT2D eigenvalue weighted by Crippen LogP contribution is 2.22. The van der Waals surface area contributed by atoms with Gasteiger partial charge in [-0.15, -0.1) is 11.3 Å². The van der Waals surface area contributed by atoms with Crippen LogP contribution in [0.3, 0.4) is 0 Å². The van der Waals surface area contributed by atoms with Crippen molar-refractivity contribution in [2.75, 3.05) is 0 Å². The summed E-state index contributed by atoms with van der Waals surface area (Å²) < 4.78 is 5.10. The van der Waals surface area contributed by atoms with Crippen LogP contribution in [0.5, 0.6) is 0 Å². The number of nitrogens with zero attached hydrogens (tertiary/aromatic N) is 1. The predicted molar refractivity (Wildman–Crippen MR) is 61.8 cm³/mol. The number of para-hydroxylation sites is 1. The van der Waals surface area contributed by atoms with Gasteiger partial charge in [0.25, 0.3) is 0 Å². The van der Waals surface area contributed by atoms with Crippen molar-refractivity contribution in [3.8, 4) is 0 Å². The Balaban J connectivity index is 2.16. The summed E-state index contributed by atoms with van der Waals surface area (Å²) in [6, 6.07) is 11.0. The Morgan fingerprint density at radius 2 is 2.06 bits per heavy atom. The Hall–Kier alpha value is -1.94. The van der Waals surface area contributed by atoms with E-state index in [1.165, 1.54) is 11.3 Å². The molecule has 0 spiro atoms. The van der Waals surface area contributed by atoms with Crippen molar-refractivity contribution >= 4 is 28.1 Å². The van der Waals surface area contributed by atoms with Crippen LogP contribution < -0.4 is 0 Å². The van der Waals surface area contributed by atoms with Gasteiger partial charge in [0, 0.05) is 0 Å². The minimum atomic E-state index is -0.0834. The standard InChI is InChI=1S/C12H7NO2S/c14-12(10-6-3-7-16-10)11-8-4-1-2-5-9(8)15-13-11/h1-7H. The maximum Gasteiger partial charge on any atom is 0.225 e. The van der Waals surface area contributed by atoms with Crippen molar-refractivity contribution in [3.05, 3.63) is 52.3 Å². The molecular weight excluding hydrogens is 222 g/mol. The molecule has 0 radical (unpaired) electrons. The molecule has 3 rings (SSSR count). The summed E-state index contributed by atoms with van der Waals surface area (Å²) in [4.78, 5) is 12.8. The highest BCUT2D eigenvalue weighted by Gasteiger charge is 2.17. The van der Waals surface area contributed by atoms with Crippen molar-refractivity contribution in [3.63, 3.8) is 0 Å². The van der Waals surface area contributed by atoms with E-state index in [0.29, 0.717) is 16.2 Å². The molecule has 3 nitrogen and oxygen atoms in total. The van der Waals surface area contributed by atoms with Crippen molar-refractivity contribution in [1.82, 2.24) is 5.16 Å². The predicted octanol–water partition coefficient (Wildman–Crippen LogP) is 3.12. The van der Waals surface area contributed by atoms with E-state index in [9.17, 15) is 4.79 Å². The zero-order valence-corrected chi connectivity index (χ0v) is 9.03. The molecule has 0 atom stereocenters. The fourth-order valence-corrected chi connectivity index (χ4v) is 2.24. The lowest BCUT2D eigenvalue weighted by Gasteiger charge is -1.91. The lowest BCUT2D eigenvalue weighted by atomic mass is 10.1. The Bertz CT molecular complexity index is 640. The summed E-state index contributed by atoms with van der Waals surface area (Å²) in [5.74, 6) is -0.0834. The zero-order valence-electron chi connectivity index (χ0n) is 8.21. The summed E-state index contributed by atoms with van der Waals surface area (Å²) in [7, 11) is 0. The molecule has 0 aliphatic rings.